The number of aryl methyl sites for hydroxylation is 1. The number of thiazole rings is 1. The molecule has 0 radical (unpaired) electrons. The molecule has 0 atom stereocenters. The first-order valence-electron chi connectivity index (χ1n) is 8.50. The number of aromatic nitrogens is 4. The van der Waals surface area contributed by atoms with Crippen molar-refractivity contribution in [3.63, 3.8) is 0 Å². The van der Waals surface area contributed by atoms with Gasteiger partial charge in [-0.25, -0.2) is 9.97 Å². The molecule has 0 bridgehead atoms. The van der Waals surface area contributed by atoms with E-state index >= 15 is 0 Å². The smallest absolute Gasteiger partial charge is 0.271 e. The summed E-state index contributed by atoms with van der Waals surface area (Å²) >= 11 is 1.33. The summed E-state index contributed by atoms with van der Waals surface area (Å²) in [6, 6.07) is 15.1. The van der Waals surface area contributed by atoms with Crippen LogP contribution in [0.3, 0.4) is 0 Å². The minimum Gasteiger partial charge on any atom is -0.342 e. The Bertz CT molecular complexity index is 1090. The number of carbonyl (C=O) groups is 1. The molecule has 28 heavy (non-hydrogen) atoms. The molecular weight excluding hydrogens is 376 g/mol. The Kier molecular flexibility index (Phi) is 5.07. The lowest BCUT2D eigenvalue weighted by atomic mass is 10.2. The Hall–Kier alpha value is -3.59. The van der Waals surface area contributed by atoms with Crippen molar-refractivity contribution in [2.24, 2.45) is 0 Å². The number of rotatable bonds is 6. The normalized spacial score (nSPS) is 10.6. The average Bonchev–Trinajstić information content (AvgIpc) is 3.37. The molecule has 0 aliphatic carbocycles. The second-order valence-electron chi connectivity index (χ2n) is 5.89. The van der Waals surface area contributed by atoms with Crippen molar-refractivity contribution in [3.05, 3.63) is 71.2 Å². The van der Waals surface area contributed by atoms with Gasteiger partial charge in [0.05, 0.1) is 6.54 Å². The molecule has 140 valence electrons. The van der Waals surface area contributed by atoms with E-state index in [0.29, 0.717) is 28.4 Å². The van der Waals surface area contributed by atoms with Crippen LogP contribution < -0.4 is 10.6 Å². The first-order chi connectivity index (χ1) is 13.7. The molecule has 0 fully saturated rings. The zero-order valence-corrected chi connectivity index (χ0v) is 15.7. The zero-order valence-electron chi connectivity index (χ0n) is 14.9. The summed E-state index contributed by atoms with van der Waals surface area (Å²) < 4.78 is 5.19. The highest BCUT2D eigenvalue weighted by Crippen LogP contribution is 2.20. The van der Waals surface area contributed by atoms with Gasteiger partial charge in [0.1, 0.15) is 11.5 Å². The van der Waals surface area contributed by atoms with Gasteiger partial charge in [-0.15, -0.1) is 11.3 Å². The Morgan fingerprint density at radius 3 is 2.75 bits per heavy atom. The summed E-state index contributed by atoms with van der Waals surface area (Å²) in [7, 11) is 0. The van der Waals surface area contributed by atoms with Crippen molar-refractivity contribution in [1.82, 2.24) is 25.4 Å². The predicted octanol–water partition coefficient (Wildman–Crippen LogP) is 3.57. The fraction of sp³-hybridized carbons (Fsp3) is 0.105. The molecule has 1 amide bonds. The summed E-state index contributed by atoms with van der Waals surface area (Å²) in [5, 5.41) is 12.0. The van der Waals surface area contributed by atoms with Crippen LogP contribution in [0, 0.1) is 6.92 Å². The van der Waals surface area contributed by atoms with E-state index in [1.165, 1.54) is 11.3 Å². The molecule has 4 aromatic rings. The standard InChI is InChI=1S/C19H16N6O2S/c1-12-6-5-9-15(21-12)23-19-22-14(11-28-19)18(26)20-10-16-24-17(25-27-16)13-7-3-2-4-8-13/h2-9,11H,10H2,1H3,(H,20,26)(H,21,22,23). The van der Waals surface area contributed by atoms with Gasteiger partial charge in [-0.05, 0) is 19.1 Å². The maximum Gasteiger partial charge on any atom is 0.271 e. The van der Waals surface area contributed by atoms with Gasteiger partial charge in [0.2, 0.25) is 11.7 Å². The zero-order chi connectivity index (χ0) is 19.3. The van der Waals surface area contributed by atoms with Crippen LogP contribution in [-0.2, 0) is 6.54 Å². The van der Waals surface area contributed by atoms with Crippen LogP contribution in [0.2, 0.25) is 0 Å². The molecule has 0 saturated carbocycles. The van der Waals surface area contributed by atoms with Crippen molar-refractivity contribution < 1.29 is 9.32 Å². The molecule has 0 spiro atoms. The van der Waals surface area contributed by atoms with E-state index in [2.05, 4.69) is 30.7 Å². The molecule has 0 unspecified atom stereocenters. The maximum absolute atomic E-state index is 12.3. The number of hydrogen-bond donors (Lipinski definition) is 2. The monoisotopic (exact) mass is 392 g/mol. The first-order valence-corrected chi connectivity index (χ1v) is 9.38. The molecule has 3 aromatic heterocycles. The van der Waals surface area contributed by atoms with Gasteiger partial charge < -0.3 is 15.2 Å². The average molecular weight is 392 g/mol. The van der Waals surface area contributed by atoms with Crippen molar-refractivity contribution in [2.45, 2.75) is 13.5 Å². The molecule has 8 nitrogen and oxygen atoms in total. The SMILES string of the molecule is Cc1cccc(Nc2nc(C(=O)NCc3nc(-c4ccccc4)no3)cs2)n1. The molecule has 9 heteroatoms. The van der Waals surface area contributed by atoms with Gasteiger partial charge in [0, 0.05) is 16.6 Å². The van der Waals surface area contributed by atoms with E-state index in [1.807, 2.05) is 55.5 Å². The lowest BCUT2D eigenvalue weighted by molar-refractivity contribution is 0.0942. The Balaban J connectivity index is 1.36. The second kappa shape index (κ2) is 7.97. The lowest BCUT2D eigenvalue weighted by Crippen LogP contribution is -2.23. The molecule has 3 heterocycles. The summed E-state index contributed by atoms with van der Waals surface area (Å²) in [5.74, 6) is 1.17. The molecule has 0 aliphatic heterocycles. The fourth-order valence-corrected chi connectivity index (χ4v) is 3.13. The van der Waals surface area contributed by atoms with E-state index < -0.39 is 0 Å². The highest BCUT2D eigenvalue weighted by molar-refractivity contribution is 7.14. The number of hydrogen-bond acceptors (Lipinski definition) is 8. The number of benzene rings is 1. The van der Waals surface area contributed by atoms with E-state index in [0.717, 1.165) is 11.3 Å². The van der Waals surface area contributed by atoms with Crippen LogP contribution in [-0.4, -0.2) is 26.0 Å². The molecule has 4 rings (SSSR count). The van der Waals surface area contributed by atoms with Crippen LogP contribution in [0.1, 0.15) is 22.1 Å². The molecule has 1 aromatic carbocycles. The van der Waals surface area contributed by atoms with Crippen molar-refractivity contribution >= 4 is 28.2 Å². The minimum absolute atomic E-state index is 0.123. The number of nitrogens with zero attached hydrogens (tertiary/aromatic N) is 4. The topological polar surface area (TPSA) is 106 Å². The maximum atomic E-state index is 12.3. The van der Waals surface area contributed by atoms with Crippen molar-refractivity contribution in [1.29, 1.82) is 0 Å². The van der Waals surface area contributed by atoms with E-state index in [1.54, 1.807) is 5.38 Å². The summed E-state index contributed by atoms with van der Waals surface area (Å²) in [6.45, 7) is 2.03. The molecule has 2 N–H and O–H groups in total. The number of pyridine rings is 1. The van der Waals surface area contributed by atoms with Crippen molar-refractivity contribution in [2.75, 3.05) is 5.32 Å². The number of amides is 1. The summed E-state index contributed by atoms with van der Waals surface area (Å²) in [6.07, 6.45) is 0. The first kappa shape index (κ1) is 17.8. The van der Waals surface area contributed by atoms with Gasteiger partial charge in [0.15, 0.2) is 5.13 Å². The third-order valence-electron chi connectivity index (χ3n) is 3.76. The van der Waals surface area contributed by atoms with E-state index in [4.69, 9.17) is 4.52 Å². The van der Waals surface area contributed by atoms with Crippen LogP contribution in [0.4, 0.5) is 10.9 Å². The van der Waals surface area contributed by atoms with Gasteiger partial charge in [-0.3, -0.25) is 4.79 Å². The predicted molar refractivity (Wildman–Crippen MR) is 105 cm³/mol. The lowest BCUT2D eigenvalue weighted by Gasteiger charge is -2.02. The Labute approximate surface area is 164 Å². The minimum atomic E-state index is -0.319. The van der Waals surface area contributed by atoms with Gasteiger partial charge in [0.25, 0.3) is 5.91 Å². The summed E-state index contributed by atoms with van der Waals surface area (Å²) in [4.78, 5) is 25.2. The largest absolute Gasteiger partial charge is 0.342 e. The van der Waals surface area contributed by atoms with Crippen LogP contribution in [0.5, 0.6) is 0 Å². The van der Waals surface area contributed by atoms with Gasteiger partial charge >= 0.3 is 0 Å². The summed E-state index contributed by atoms with van der Waals surface area (Å²) in [5.41, 5.74) is 2.06. The van der Waals surface area contributed by atoms with Crippen molar-refractivity contribution in [3.8, 4) is 11.4 Å². The third kappa shape index (κ3) is 4.21. The van der Waals surface area contributed by atoms with Crippen LogP contribution in [0.15, 0.2) is 58.4 Å². The second-order valence-corrected chi connectivity index (χ2v) is 6.75. The fourth-order valence-electron chi connectivity index (χ4n) is 2.44. The van der Waals surface area contributed by atoms with E-state index in [-0.39, 0.29) is 12.5 Å². The highest BCUT2D eigenvalue weighted by atomic mass is 32.1. The van der Waals surface area contributed by atoms with E-state index in [9.17, 15) is 4.79 Å². The van der Waals surface area contributed by atoms with Gasteiger partial charge in [-0.2, -0.15) is 4.98 Å². The Morgan fingerprint density at radius 2 is 1.93 bits per heavy atom. The third-order valence-corrected chi connectivity index (χ3v) is 4.52. The highest BCUT2D eigenvalue weighted by Gasteiger charge is 2.14. The van der Waals surface area contributed by atoms with Crippen LogP contribution in [0.25, 0.3) is 11.4 Å². The molecular formula is C19H16N6O2S. The molecule has 0 aliphatic rings. The number of carbonyl (C=O) groups excluding carboxylic acids is 1. The molecule has 0 saturated heterocycles. The number of nitrogens with one attached hydrogen (secondary N) is 2. The quantitative estimate of drug-likeness (QED) is 0.517. The Morgan fingerprint density at radius 1 is 1.07 bits per heavy atom. The van der Waals surface area contributed by atoms with Crippen LogP contribution >= 0.6 is 11.3 Å². The number of anilines is 2. The van der Waals surface area contributed by atoms with Gasteiger partial charge in [-0.1, -0.05) is 41.6 Å².